The van der Waals surface area contributed by atoms with E-state index in [0.717, 1.165) is 11.3 Å². The molecule has 2 aromatic heterocycles. The quantitative estimate of drug-likeness (QED) is 0.727. The Labute approximate surface area is 165 Å². The summed E-state index contributed by atoms with van der Waals surface area (Å²) in [4.78, 5) is 30.8. The molecular weight excluding hydrogens is 387 g/mol. The topological polar surface area (TPSA) is 66.7 Å². The molecule has 1 aromatic carbocycles. The van der Waals surface area contributed by atoms with Gasteiger partial charge < -0.3 is 14.6 Å². The van der Waals surface area contributed by atoms with Gasteiger partial charge in [0.05, 0.1) is 33.9 Å². The number of imidazole rings is 1. The summed E-state index contributed by atoms with van der Waals surface area (Å²) in [6.45, 7) is 0.601. The number of rotatable bonds is 4. The van der Waals surface area contributed by atoms with Crippen LogP contribution in [0.1, 0.15) is 12.1 Å². The molecular formula is C19H16Cl2N4O2. The number of fused-ring (bicyclic) bond motifs is 1. The van der Waals surface area contributed by atoms with Crippen molar-refractivity contribution in [3.8, 4) is 0 Å². The van der Waals surface area contributed by atoms with Crippen LogP contribution < -0.4 is 10.2 Å². The minimum Gasteiger partial charge on any atom is -0.350 e. The highest BCUT2D eigenvalue weighted by Crippen LogP contribution is 2.31. The Morgan fingerprint density at radius 1 is 1.19 bits per heavy atom. The van der Waals surface area contributed by atoms with E-state index in [9.17, 15) is 9.59 Å². The number of nitrogens with one attached hydrogen (secondary N) is 1. The molecule has 3 aromatic rings. The maximum atomic E-state index is 12.5. The molecule has 0 saturated carbocycles. The zero-order valence-electron chi connectivity index (χ0n) is 14.2. The Hall–Kier alpha value is -2.57. The number of para-hydroxylation sites is 1. The van der Waals surface area contributed by atoms with Crippen molar-refractivity contribution in [1.29, 1.82) is 0 Å². The maximum absolute atomic E-state index is 12.5. The van der Waals surface area contributed by atoms with Gasteiger partial charge in [0.15, 0.2) is 0 Å². The molecule has 0 radical (unpaired) electrons. The molecule has 1 saturated heterocycles. The van der Waals surface area contributed by atoms with Crippen LogP contribution in [0.4, 0.5) is 5.69 Å². The smallest absolute Gasteiger partial charge is 0.227 e. The second-order valence-corrected chi connectivity index (χ2v) is 7.26. The number of anilines is 1. The van der Waals surface area contributed by atoms with Crippen LogP contribution in [0.3, 0.4) is 0 Å². The monoisotopic (exact) mass is 402 g/mol. The minimum absolute atomic E-state index is 0.106. The van der Waals surface area contributed by atoms with E-state index in [1.54, 1.807) is 35.4 Å². The average molecular weight is 403 g/mol. The lowest BCUT2D eigenvalue weighted by Gasteiger charge is -2.17. The van der Waals surface area contributed by atoms with Gasteiger partial charge in [0, 0.05) is 25.4 Å². The van der Waals surface area contributed by atoms with Gasteiger partial charge in [0.25, 0.3) is 0 Å². The summed E-state index contributed by atoms with van der Waals surface area (Å²) in [7, 11) is 0. The highest BCUT2D eigenvalue weighted by atomic mass is 35.5. The third-order valence-electron chi connectivity index (χ3n) is 4.55. The average Bonchev–Trinajstić information content (AvgIpc) is 3.23. The molecule has 1 aliphatic rings. The third kappa shape index (κ3) is 3.63. The number of nitrogens with zero attached hydrogens (tertiary/aromatic N) is 3. The summed E-state index contributed by atoms with van der Waals surface area (Å²) in [6, 6.07) is 10.7. The van der Waals surface area contributed by atoms with Gasteiger partial charge in [-0.05, 0) is 24.3 Å². The van der Waals surface area contributed by atoms with Crippen LogP contribution >= 0.6 is 23.2 Å². The number of hydrogen-bond donors (Lipinski definition) is 1. The molecule has 1 unspecified atom stereocenters. The first kappa shape index (κ1) is 17.8. The summed E-state index contributed by atoms with van der Waals surface area (Å²) in [6.07, 6.45) is 3.74. The zero-order valence-corrected chi connectivity index (χ0v) is 15.7. The van der Waals surface area contributed by atoms with Crippen molar-refractivity contribution in [2.24, 2.45) is 5.92 Å². The van der Waals surface area contributed by atoms with Crippen LogP contribution in [0.25, 0.3) is 5.65 Å². The molecule has 0 aliphatic carbocycles. The van der Waals surface area contributed by atoms with Crippen molar-refractivity contribution < 1.29 is 9.59 Å². The van der Waals surface area contributed by atoms with Gasteiger partial charge in [-0.15, -0.1) is 0 Å². The fourth-order valence-corrected chi connectivity index (χ4v) is 3.62. The van der Waals surface area contributed by atoms with Crippen molar-refractivity contribution >= 4 is 46.4 Å². The Kier molecular flexibility index (Phi) is 4.76. The number of aromatic nitrogens is 2. The lowest BCUT2D eigenvalue weighted by molar-refractivity contribution is -0.126. The first-order valence-corrected chi connectivity index (χ1v) is 9.22. The van der Waals surface area contributed by atoms with E-state index in [1.807, 2.05) is 22.7 Å². The van der Waals surface area contributed by atoms with Crippen LogP contribution in [0.5, 0.6) is 0 Å². The van der Waals surface area contributed by atoms with Crippen LogP contribution in [0.2, 0.25) is 10.0 Å². The van der Waals surface area contributed by atoms with Crippen molar-refractivity contribution in [3.05, 3.63) is 64.5 Å². The first-order chi connectivity index (χ1) is 13.0. The number of halogens is 2. The van der Waals surface area contributed by atoms with Crippen LogP contribution in [0, 0.1) is 5.92 Å². The molecule has 0 spiro atoms. The van der Waals surface area contributed by atoms with Gasteiger partial charge in [-0.3, -0.25) is 9.59 Å². The number of benzene rings is 1. The van der Waals surface area contributed by atoms with E-state index in [4.69, 9.17) is 23.2 Å². The summed E-state index contributed by atoms with van der Waals surface area (Å²) >= 11 is 12.1. The molecule has 2 amide bonds. The standard InChI is InChI=1S/C19H16Cl2N4O2/c20-13-5-6-17-23-14(11-24(17)10-13)8-22-19(27)12-7-18(26)25(9-12)16-4-2-1-3-15(16)21/h1-6,10-12H,7-9H2,(H,22,27). The number of hydrogen-bond acceptors (Lipinski definition) is 3. The van der Waals surface area contributed by atoms with Gasteiger partial charge in [-0.25, -0.2) is 4.98 Å². The van der Waals surface area contributed by atoms with Gasteiger partial charge in [0.2, 0.25) is 11.8 Å². The molecule has 1 aliphatic heterocycles. The number of pyridine rings is 1. The molecule has 3 heterocycles. The predicted molar refractivity (Wildman–Crippen MR) is 104 cm³/mol. The highest BCUT2D eigenvalue weighted by Gasteiger charge is 2.35. The molecule has 1 fully saturated rings. The summed E-state index contributed by atoms with van der Waals surface area (Å²) in [5, 5.41) is 3.97. The van der Waals surface area contributed by atoms with Crippen LogP contribution in [0.15, 0.2) is 48.8 Å². The van der Waals surface area contributed by atoms with Crippen LogP contribution in [-0.4, -0.2) is 27.7 Å². The Morgan fingerprint density at radius 3 is 2.81 bits per heavy atom. The van der Waals surface area contributed by atoms with Gasteiger partial charge in [-0.1, -0.05) is 35.3 Å². The highest BCUT2D eigenvalue weighted by molar-refractivity contribution is 6.34. The molecule has 1 atom stereocenters. The van der Waals surface area contributed by atoms with E-state index in [0.29, 0.717) is 22.3 Å². The Balaban J connectivity index is 1.41. The maximum Gasteiger partial charge on any atom is 0.227 e. The minimum atomic E-state index is -0.416. The molecule has 6 nitrogen and oxygen atoms in total. The second-order valence-electron chi connectivity index (χ2n) is 6.42. The van der Waals surface area contributed by atoms with Gasteiger partial charge in [-0.2, -0.15) is 0 Å². The van der Waals surface area contributed by atoms with Crippen LogP contribution in [-0.2, 0) is 16.1 Å². The third-order valence-corrected chi connectivity index (χ3v) is 5.09. The molecule has 1 N–H and O–H groups in total. The number of carbonyl (C=O) groups is 2. The van der Waals surface area contributed by atoms with E-state index in [2.05, 4.69) is 10.3 Å². The van der Waals surface area contributed by atoms with E-state index in [-0.39, 0.29) is 24.8 Å². The fourth-order valence-electron chi connectivity index (χ4n) is 3.21. The zero-order chi connectivity index (χ0) is 19.0. The van der Waals surface area contributed by atoms with Crippen molar-refractivity contribution in [2.75, 3.05) is 11.4 Å². The molecule has 138 valence electrons. The predicted octanol–water partition coefficient (Wildman–Crippen LogP) is 3.31. The van der Waals surface area contributed by atoms with E-state index < -0.39 is 5.92 Å². The molecule has 8 heteroatoms. The van der Waals surface area contributed by atoms with E-state index >= 15 is 0 Å². The SMILES string of the molecule is O=C(NCc1cn2cc(Cl)ccc2n1)C1CC(=O)N(c2ccccc2Cl)C1. The lowest BCUT2D eigenvalue weighted by atomic mass is 10.1. The molecule has 0 bridgehead atoms. The summed E-state index contributed by atoms with van der Waals surface area (Å²) in [5.74, 6) is -0.695. The lowest BCUT2D eigenvalue weighted by Crippen LogP contribution is -2.32. The van der Waals surface area contributed by atoms with Gasteiger partial charge >= 0.3 is 0 Å². The van der Waals surface area contributed by atoms with Crippen molar-refractivity contribution in [3.63, 3.8) is 0 Å². The summed E-state index contributed by atoms with van der Waals surface area (Å²) < 4.78 is 1.81. The fraction of sp³-hybridized carbons (Fsp3) is 0.211. The normalized spacial score (nSPS) is 16.9. The largest absolute Gasteiger partial charge is 0.350 e. The van der Waals surface area contributed by atoms with Crippen molar-refractivity contribution in [1.82, 2.24) is 14.7 Å². The van der Waals surface area contributed by atoms with Crippen molar-refractivity contribution in [2.45, 2.75) is 13.0 Å². The van der Waals surface area contributed by atoms with Gasteiger partial charge in [0.1, 0.15) is 5.65 Å². The first-order valence-electron chi connectivity index (χ1n) is 8.47. The molecule has 27 heavy (non-hydrogen) atoms. The number of carbonyl (C=O) groups excluding carboxylic acids is 2. The Bertz CT molecular complexity index is 1030. The number of amides is 2. The molecule has 4 rings (SSSR count). The Morgan fingerprint density at radius 2 is 2.00 bits per heavy atom. The second kappa shape index (κ2) is 7.21. The summed E-state index contributed by atoms with van der Waals surface area (Å²) in [5.41, 5.74) is 2.11. The van der Waals surface area contributed by atoms with E-state index in [1.165, 1.54) is 0 Å².